The number of piperidine rings is 1. The summed E-state index contributed by atoms with van der Waals surface area (Å²) in [7, 11) is 0. The van der Waals surface area contributed by atoms with E-state index in [-0.39, 0.29) is 0 Å². The number of hydrogen-bond acceptors (Lipinski definition) is 3. The highest BCUT2D eigenvalue weighted by atomic mass is 127. The summed E-state index contributed by atoms with van der Waals surface area (Å²) in [5, 5.41) is 0. The molecule has 0 aromatic heterocycles. The highest BCUT2D eigenvalue weighted by molar-refractivity contribution is 14.1. The number of likely N-dealkylation sites (tertiary alicyclic amines) is 1. The normalized spacial score (nSPS) is 24.0. The van der Waals surface area contributed by atoms with Gasteiger partial charge in [-0.05, 0) is 70.1 Å². The van der Waals surface area contributed by atoms with Gasteiger partial charge in [-0.2, -0.15) is 0 Å². The summed E-state index contributed by atoms with van der Waals surface area (Å²) >= 11 is 2.46. The molecule has 124 valence electrons. The largest absolute Gasteiger partial charge is 0.303 e. The fourth-order valence-corrected chi connectivity index (χ4v) is 3.97. The van der Waals surface area contributed by atoms with Gasteiger partial charge in [0.25, 0.3) is 0 Å². The van der Waals surface area contributed by atoms with Gasteiger partial charge < -0.3 is 9.80 Å². The number of hydrogen-bond donors (Lipinski definition) is 0. The first-order valence-electron chi connectivity index (χ1n) is 8.99. The average Bonchev–Trinajstić information content (AvgIpc) is 2.48. The Balaban J connectivity index is 1.52. The fourth-order valence-electron chi connectivity index (χ4n) is 3.53. The third-order valence-corrected chi connectivity index (χ3v) is 6.10. The molecule has 2 aliphatic rings. The van der Waals surface area contributed by atoms with Crippen LogP contribution in [-0.4, -0.2) is 65.3 Å². The summed E-state index contributed by atoms with van der Waals surface area (Å²) in [5.74, 6) is 1.86. The summed E-state index contributed by atoms with van der Waals surface area (Å²) in [4.78, 5) is 5.37. The minimum Gasteiger partial charge on any atom is -0.303 e. The van der Waals surface area contributed by atoms with Crippen molar-refractivity contribution < 1.29 is 0 Å². The second-order valence-electron chi connectivity index (χ2n) is 7.36. The van der Waals surface area contributed by atoms with Gasteiger partial charge >= 0.3 is 0 Å². The number of nitrogens with zero attached hydrogens (tertiary/aromatic N) is 3. The number of piperazine rings is 1. The van der Waals surface area contributed by atoms with E-state index in [9.17, 15) is 0 Å². The summed E-state index contributed by atoms with van der Waals surface area (Å²) in [6.45, 7) is 15.1. The molecule has 3 nitrogen and oxygen atoms in total. The van der Waals surface area contributed by atoms with Gasteiger partial charge in [0.1, 0.15) is 0 Å². The Kier molecular flexibility index (Phi) is 8.28. The van der Waals surface area contributed by atoms with Crippen molar-refractivity contribution in [2.24, 2.45) is 11.8 Å². The maximum atomic E-state index is 2.70. The third-order valence-electron chi connectivity index (χ3n) is 5.13. The predicted molar refractivity (Wildman–Crippen MR) is 99.9 cm³/mol. The molecule has 2 heterocycles. The zero-order chi connectivity index (χ0) is 15.1. The topological polar surface area (TPSA) is 9.72 Å². The number of rotatable bonds is 7. The highest BCUT2D eigenvalue weighted by Gasteiger charge is 2.21. The van der Waals surface area contributed by atoms with Crippen molar-refractivity contribution in [2.45, 2.75) is 46.0 Å². The van der Waals surface area contributed by atoms with Crippen LogP contribution in [0.3, 0.4) is 0 Å². The molecule has 0 aliphatic carbocycles. The van der Waals surface area contributed by atoms with Crippen LogP contribution in [0.4, 0.5) is 0 Å². The van der Waals surface area contributed by atoms with Gasteiger partial charge in [-0.25, -0.2) is 3.11 Å². The average molecular weight is 407 g/mol. The van der Waals surface area contributed by atoms with E-state index in [0.717, 1.165) is 11.8 Å². The van der Waals surface area contributed by atoms with Crippen LogP contribution < -0.4 is 0 Å². The molecule has 0 unspecified atom stereocenters. The van der Waals surface area contributed by atoms with E-state index in [2.05, 4.69) is 49.6 Å². The molecular weight excluding hydrogens is 373 g/mol. The Labute approximate surface area is 145 Å². The van der Waals surface area contributed by atoms with Crippen molar-refractivity contribution in [2.75, 3.05) is 52.4 Å². The van der Waals surface area contributed by atoms with Crippen LogP contribution in [0.2, 0.25) is 0 Å². The van der Waals surface area contributed by atoms with Gasteiger partial charge in [0, 0.05) is 49.0 Å². The molecule has 0 saturated carbocycles. The summed E-state index contributed by atoms with van der Waals surface area (Å²) in [6.07, 6.45) is 7.09. The van der Waals surface area contributed by atoms with Crippen LogP contribution in [0.1, 0.15) is 46.0 Å². The summed E-state index contributed by atoms with van der Waals surface area (Å²) < 4.78 is 2.42. The monoisotopic (exact) mass is 407 g/mol. The van der Waals surface area contributed by atoms with Crippen LogP contribution >= 0.6 is 22.9 Å². The van der Waals surface area contributed by atoms with Gasteiger partial charge in [-0.3, -0.25) is 0 Å². The van der Waals surface area contributed by atoms with Crippen LogP contribution in [-0.2, 0) is 0 Å². The quantitative estimate of drug-likeness (QED) is 0.473. The molecule has 0 aromatic rings. The van der Waals surface area contributed by atoms with Crippen molar-refractivity contribution in [1.29, 1.82) is 0 Å². The predicted octanol–water partition coefficient (Wildman–Crippen LogP) is 3.49. The Hall–Kier alpha value is 0.610. The van der Waals surface area contributed by atoms with E-state index in [1.165, 1.54) is 84.5 Å². The second-order valence-corrected chi connectivity index (χ2v) is 8.73. The minimum absolute atomic E-state index is 0.866. The molecule has 2 fully saturated rings. The van der Waals surface area contributed by atoms with Crippen molar-refractivity contribution in [3.05, 3.63) is 0 Å². The molecular formula is C17H34IN3. The maximum Gasteiger partial charge on any atom is 0.0209 e. The van der Waals surface area contributed by atoms with E-state index in [1.807, 2.05) is 0 Å². The zero-order valence-corrected chi connectivity index (χ0v) is 16.2. The Morgan fingerprint density at radius 3 is 2.14 bits per heavy atom. The molecule has 0 N–H and O–H groups in total. The van der Waals surface area contributed by atoms with Gasteiger partial charge in [-0.15, -0.1) is 0 Å². The molecule has 0 aromatic carbocycles. The lowest BCUT2D eigenvalue weighted by Crippen LogP contribution is -2.43. The van der Waals surface area contributed by atoms with Crippen molar-refractivity contribution in [3.63, 3.8) is 0 Å². The van der Waals surface area contributed by atoms with Crippen LogP contribution in [0.5, 0.6) is 0 Å². The van der Waals surface area contributed by atoms with Crippen LogP contribution in [0.15, 0.2) is 0 Å². The number of halogens is 1. The van der Waals surface area contributed by atoms with Crippen LogP contribution in [0, 0.1) is 11.8 Å². The Morgan fingerprint density at radius 2 is 1.52 bits per heavy atom. The molecule has 0 spiro atoms. The van der Waals surface area contributed by atoms with E-state index in [0.29, 0.717) is 0 Å². The third kappa shape index (κ3) is 7.14. The molecule has 21 heavy (non-hydrogen) atoms. The summed E-state index contributed by atoms with van der Waals surface area (Å²) in [5.41, 5.74) is 0. The molecule has 0 amide bonds. The van der Waals surface area contributed by atoms with Gasteiger partial charge in [-0.1, -0.05) is 13.8 Å². The molecule has 0 radical (unpaired) electrons. The SMILES string of the molecule is CC(C)CCCN1CCC(CCN2CCN(I)CC2)CC1. The first-order chi connectivity index (χ1) is 10.1. The lowest BCUT2D eigenvalue weighted by Gasteiger charge is -2.35. The molecule has 4 heteroatoms. The zero-order valence-electron chi connectivity index (χ0n) is 14.1. The van der Waals surface area contributed by atoms with Gasteiger partial charge in [0.15, 0.2) is 0 Å². The minimum atomic E-state index is 0.866. The fraction of sp³-hybridized carbons (Fsp3) is 1.00. The van der Waals surface area contributed by atoms with E-state index in [1.54, 1.807) is 0 Å². The van der Waals surface area contributed by atoms with E-state index < -0.39 is 0 Å². The van der Waals surface area contributed by atoms with Crippen LogP contribution in [0.25, 0.3) is 0 Å². The Morgan fingerprint density at radius 1 is 0.905 bits per heavy atom. The summed E-state index contributed by atoms with van der Waals surface area (Å²) in [6, 6.07) is 0. The standard InChI is InChI=1S/C17H34IN3/c1-16(2)4-3-8-19-9-5-17(6-10-19)7-11-20-12-14-21(18)15-13-20/h16-17H,3-15H2,1-2H3. The molecule has 0 bridgehead atoms. The second kappa shape index (κ2) is 9.68. The molecule has 2 saturated heterocycles. The highest BCUT2D eigenvalue weighted by Crippen LogP contribution is 2.22. The first kappa shape index (κ1) is 18.0. The van der Waals surface area contributed by atoms with E-state index >= 15 is 0 Å². The van der Waals surface area contributed by atoms with Crippen molar-refractivity contribution in [1.82, 2.24) is 12.9 Å². The lowest BCUT2D eigenvalue weighted by molar-refractivity contribution is 0.149. The van der Waals surface area contributed by atoms with Gasteiger partial charge in [0.05, 0.1) is 0 Å². The van der Waals surface area contributed by atoms with Crippen molar-refractivity contribution in [3.8, 4) is 0 Å². The molecule has 2 rings (SSSR count). The lowest BCUT2D eigenvalue weighted by atomic mass is 9.93. The maximum absolute atomic E-state index is 2.70. The molecule has 2 aliphatic heterocycles. The smallest absolute Gasteiger partial charge is 0.0209 e. The first-order valence-corrected chi connectivity index (χ1v) is 9.95. The molecule has 0 atom stereocenters. The van der Waals surface area contributed by atoms with Crippen molar-refractivity contribution >= 4 is 22.9 Å². The van der Waals surface area contributed by atoms with E-state index in [4.69, 9.17) is 0 Å². The Bertz CT molecular complexity index is 269. The van der Waals surface area contributed by atoms with Gasteiger partial charge in [0.2, 0.25) is 0 Å².